The lowest BCUT2D eigenvalue weighted by Crippen LogP contribution is -2.42. The van der Waals surface area contributed by atoms with Gasteiger partial charge in [0.05, 0.1) is 27.2 Å². The van der Waals surface area contributed by atoms with Gasteiger partial charge < -0.3 is 24.0 Å². The molecule has 4 rings (SSSR count). The van der Waals surface area contributed by atoms with Crippen LogP contribution in [0.4, 0.5) is 4.39 Å². The first-order valence-corrected chi connectivity index (χ1v) is 11.6. The molecule has 7 nitrogen and oxygen atoms in total. The van der Waals surface area contributed by atoms with Crippen LogP contribution in [-0.2, 0) is 4.79 Å². The second-order valence-corrected chi connectivity index (χ2v) is 8.77. The van der Waals surface area contributed by atoms with E-state index in [-0.39, 0.29) is 17.7 Å². The fraction of sp³-hybridized carbons (Fsp3) is 0.462. The normalized spacial score (nSPS) is 20.2. The van der Waals surface area contributed by atoms with Gasteiger partial charge in [-0.25, -0.2) is 4.39 Å². The predicted octanol–water partition coefficient (Wildman–Crippen LogP) is 3.72. The zero-order chi connectivity index (χ0) is 24.2. The van der Waals surface area contributed by atoms with E-state index >= 15 is 0 Å². The number of rotatable bonds is 6. The minimum atomic E-state index is -0.398. The topological polar surface area (TPSA) is 68.3 Å². The Bertz CT molecular complexity index is 1010. The van der Waals surface area contributed by atoms with Gasteiger partial charge in [-0.15, -0.1) is 0 Å². The van der Waals surface area contributed by atoms with Crippen molar-refractivity contribution in [1.29, 1.82) is 0 Å². The van der Waals surface area contributed by atoms with Crippen LogP contribution in [0.2, 0.25) is 0 Å². The van der Waals surface area contributed by atoms with E-state index in [4.69, 9.17) is 14.2 Å². The molecule has 2 atom stereocenters. The van der Waals surface area contributed by atoms with Gasteiger partial charge in [0, 0.05) is 37.7 Å². The Hall–Kier alpha value is -3.29. The number of hydrogen-bond acceptors (Lipinski definition) is 5. The summed E-state index contributed by atoms with van der Waals surface area (Å²) >= 11 is 0. The molecule has 2 aromatic rings. The molecule has 0 radical (unpaired) electrons. The lowest BCUT2D eigenvalue weighted by Gasteiger charge is -2.31. The van der Waals surface area contributed by atoms with E-state index in [0.29, 0.717) is 35.9 Å². The third-order valence-corrected chi connectivity index (χ3v) is 6.80. The first kappa shape index (κ1) is 23.9. The second kappa shape index (κ2) is 10.3. The van der Waals surface area contributed by atoms with Crippen LogP contribution in [0.15, 0.2) is 36.4 Å². The number of hydrogen-bond donors (Lipinski definition) is 0. The van der Waals surface area contributed by atoms with Crippen LogP contribution in [0.25, 0.3) is 0 Å². The largest absolute Gasteiger partial charge is 0.493 e. The molecule has 0 bridgehead atoms. The van der Waals surface area contributed by atoms with Crippen molar-refractivity contribution in [3.05, 3.63) is 53.3 Å². The zero-order valence-corrected chi connectivity index (χ0v) is 19.9. The van der Waals surface area contributed by atoms with Gasteiger partial charge in [-0.2, -0.15) is 0 Å². The molecule has 8 heteroatoms. The number of carbonyl (C=O) groups excluding carboxylic acids is 2. The number of nitrogens with zero attached hydrogens (tertiary/aromatic N) is 2. The van der Waals surface area contributed by atoms with Gasteiger partial charge >= 0.3 is 0 Å². The van der Waals surface area contributed by atoms with Crippen molar-refractivity contribution < 1.29 is 28.2 Å². The fourth-order valence-electron chi connectivity index (χ4n) is 5.00. The van der Waals surface area contributed by atoms with Crippen molar-refractivity contribution in [3.63, 3.8) is 0 Å². The highest BCUT2D eigenvalue weighted by Gasteiger charge is 2.43. The highest BCUT2D eigenvalue weighted by Crippen LogP contribution is 2.44. The molecule has 2 aliphatic heterocycles. The molecule has 0 aliphatic carbocycles. The van der Waals surface area contributed by atoms with Crippen LogP contribution in [0, 0.1) is 11.7 Å². The Morgan fingerprint density at radius 2 is 1.47 bits per heavy atom. The third kappa shape index (κ3) is 4.67. The van der Waals surface area contributed by atoms with Crippen molar-refractivity contribution in [2.45, 2.75) is 25.2 Å². The monoisotopic (exact) mass is 470 g/mol. The fourth-order valence-corrected chi connectivity index (χ4v) is 5.00. The zero-order valence-electron chi connectivity index (χ0n) is 19.9. The lowest BCUT2D eigenvalue weighted by molar-refractivity contribution is -0.136. The van der Waals surface area contributed by atoms with E-state index < -0.39 is 11.7 Å². The van der Waals surface area contributed by atoms with Gasteiger partial charge in [0.15, 0.2) is 11.5 Å². The Morgan fingerprint density at radius 3 is 2.03 bits per heavy atom. The van der Waals surface area contributed by atoms with Crippen molar-refractivity contribution in [2.75, 3.05) is 47.5 Å². The Kier molecular flexibility index (Phi) is 7.24. The molecular formula is C26H31FN2O5. The Labute approximate surface area is 199 Å². The lowest BCUT2D eigenvalue weighted by atomic mass is 9.87. The molecule has 0 N–H and O–H groups in total. The summed E-state index contributed by atoms with van der Waals surface area (Å²) in [6.45, 7) is 2.14. The van der Waals surface area contributed by atoms with Crippen LogP contribution >= 0.6 is 0 Å². The Balaban J connectivity index is 1.69. The molecule has 2 saturated heterocycles. The van der Waals surface area contributed by atoms with Gasteiger partial charge in [-0.3, -0.25) is 9.59 Å². The number of amides is 2. The summed E-state index contributed by atoms with van der Waals surface area (Å²) < 4.78 is 29.9. The van der Waals surface area contributed by atoms with Gasteiger partial charge in [-0.1, -0.05) is 0 Å². The molecule has 34 heavy (non-hydrogen) atoms. The summed E-state index contributed by atoms with van der Waals surface area (Å²) in [5, 5.41) is 0. The van der Waals surface area contributed by atoms with Gasteiger partial charge in [0.2, 0.25) is 11.7 Å². The molecule has 2 fully saturated rings. The van der Waals surface area contributed by atoms with Crippen molar-refractivity contribution in [2.24, 2.45) is 5.92 Å². The van der Waals surface area contributed by atoms with Crippen molar-refractivity contribution in [3.8, 4) is 17.2 Å². The van der Waals surface area contributed by atoms with Crippen LogP contribution in [0.3, 0.4) is 0 Å². The minimum absolute atomic E-state index is 0.0628. The average molecular weight is 471 g/mol. The van der Waals surface area contributed by atoms with E-state index in [2.05, 4.69) is 0 Å². The standard InChI is InChI=1S/C26H31FN2O5/c1-32-22-13-18(14-23(33-2)24(22)34-3)20-15-29(25(30)17-7-9-19(27)10-8-17)16-21(20)26(31)28-11-5-4-6-12-28/h7-10,13-14,20-21H,4-6,11-12,15-16H2,1-3H3/t20-,21+/m0/s1. The number of carbonyl (C=O) groups is 2. The number of halogens is 1. The summed E-state index contributed by atoms with van der Waals surface area (Å²) in [5.41, 5.74) is 1.25. The summed E-state index contributed by atoms with van der Waals surface area (Å²) in [6.07, 6.45) is 3.11. The molecule has 0 spiro atoms. The van der Waals surface area contributed by atoms with E-state index in [1.807, 2.05) is 17.0 Å². The van der Waals surface area contributed by atoms with E-state index in [1.54, 1.807) is 26.2 Å². The molecule has 0 saturated carbocycles. The second-order valence-electron chi connectivity index (χ2n) is 8.77. The first-order valence-electron chi connectivity index (χ1n) is 11.6. The number of methoxy groups -OCH3 is 3. The number of ether oxygens (including phenoxy) is 3. The summed E-state index contributed by atoms with van der Waals surface area (Å²) in [7, 11) is 4.65. The maximum atomic E-state index is 13.6. The van der Waals surface area contributed by atoms with E-state index in [9.17, 15) is 14.0 Å². The summed E-state index contributed by atoms with van der Waals surface area (Å²) in [5.74, 6) is 0.294. The summed E-state index contributed by atoms with van der Waals surface area (Å²) in [6, 6.07) is 9.22. The maximum Gasteiger partial charge on any atom is 0.253 e. The van der Waals surface area contributed by atoms with Gasteiger partial charge in [0.25, 0.3) is 5.91 Å². The van der Waals surface area contributed by atoms with Crippen molar-refractivity contribution >= 4 is 11.8 Å². The molecule has 2 aliphatic rings. The molecule has 2 amide bonds. The van der Waals surface area contributed by atoms with Crippen LogP contribution in [-0.4, -0.2) is 69.1 Å². The molecule has 0 aromatic heterocycles. The van der Waals surface area contributed by atoms with Crippen LogP contribution in [0.1, 0.15) is 41.1 Å². The Morgan fingerprint density at radius 1 is 0.853 bits per heavy atom. The summed E-state index contributed by atoms with van der Waals surface area (Å²) in [4.78, 5) is 30.5. The van der Waals surface area contributed by atoms with Gasteiger partial charge in [-0.05, 0) is 61.2 Å². The smallest absolute Gasteiger partial charge is 0.253 e. The number of benzene rings is 2. The van der Waals surface area contributed by atoms with Crippen LogP contribution in [0.5, 0.6) is 17.2 Å². The third-order valence-electron chi connectivity index (χ3n) is 6.80. The van der Waals surface area contributed by atoms with Gasteiger partial charge in [0.1, 0.15) is 5.82 Å². The van der Waals surface area contributed by atoms with Crippen molar-refractivity contribution in [1.82, 2.24) is 9.80 Å². The maximum absolute atomic E-state index is 13.6. The number of piperidine rings is 1. The average Bonchev–Trinajstić information content (AvgIpc) is 3.33. The quantitative estimate of drug-likeness (QED) is 0.644. The first-order chi connectivity index (χ1) is 16.5. The van der Waals surface area contributed by atoms with E-state index in [1.165, 1.54) is 24.3 Å². The van der Waals surface area contributed by atoms with E-state index in [0.717, 1.165) is 37.9 Å². The molecule has 2 heterocycles. The molecule has 2 aromatic carbocycles. The highest BCUT2D eigenvalue weighted by molar-refractivity contribution is 5.95. The predicted molar refractivity (Wildman–Crippen MR) is 125 cm³/mol. The van der Waals surface area contributed by atoms with Crippen LogP contribution < -0.4 is 14.2 Å². The molecule has 0 unspecified atom stereocenters. The molecule has 182 valence electrons. The number of likely N-dealkylation sites (tertiary alicyclic amines) is 2. The highest BCUT2D eigenvalue weighted by atomic mass is 19.1. The minimum Gasteiger partial charge on any atom is -0.493 e. The SMILES string of the molecule is COc1cc([C@@H]2CN(C(=O)c3ccc(F)cc3)C[C@H]2C(=O)N2CCCCC2)cc(OC)c1OC. The molecular weight excluding hydrogens is 439 g/mol.